The van der Waals surface area contributed by atoms with Gasteiger partial charge in [-0.1, -0.05) is 97.8 Å². The molecule has 0 saturated carbocycles. The van der Waals surface area contributed by atoms with E-state index in [4.69, 9.17) is 9.47 Å². The van der Waals surface area contributed by atoms with E-state index in [-0.39, 0.29) is 25.4 Å². The molecule has 0 spiro atoms. The Labute approximate surface area is 400 Å². The number of aliphatic hydroxyl groups excluding tert-OH is 1. The van der Waals surface area contributed by atoms with Crippen LogP contribution in [0.15, 0.2) is 0 Å². The molecule has 19 heteroatoms. The number of amides is 8. The van der Waals surface area contributed by atoms with Gasteiger partial charge in [-0.3, -0.25) is 38.4 Å². The molecule has 9 atom stereocenters. The van der Waals surface area contributed by atoms with Crippen LogP contribution in [0.1, 0.15) is 165 Å². The number of likely N-dealkylation sites (tertiary alicyclic amines) is 1. The van der Waals surface area contributed by atoms with Crippen molar-refractivity contribution in [3.05, 3.63) is 0 Å². The number of carbonyl (C=O) groups is 8. The van der Waals surface area contributed by atoms with Crippen LogP contribution in [-0.2, 0) is 47.8 Å². The van der Waals surface area contributed by atoms with Gasteiger partial charge in [-0.15, -0.1) is 0 Å². The minimum Gasteiger partial charge on any atom is -0.381 e. The molecule has 4 unspecified atom stereocenters. The van der Waals surface area contributed by atoms with Crippen LogP contribution in [0.4, 0.5) is 0 Å². The van der Waals surface area contributed by atoms with Gasteiger partial charge >= 0.3 is 0 Å². The first-order valence-corrected chi connectivity index (χ1v) is 25.0. The molecule has 1 aliphatic heterocycles. The molecular formula is C48H88N8O11. The summed E-state index contributed by atoms with van der Waals surface area (Å²) in [5.41, 5.74) is 0. The molecule has 0 aliphatic carbocycles. The topological polar surface area (TPSA) is 254 Å². The molecule has 0 bridgehead atoms. The van der Waals surface area contributed by atoms with Crippen LogP contribution in [0, 0.1) is 0 Å². The number of aliphatic hydroxyl groups is 1. The van der Waals surface area contributed by atoms with Gasteiger partial charge in [0.2, 0.25) is 41.4 Å². The number of carbonyl (C=O) groups excluding carboxylic acids is 8. The maximum Gasteiger partial charge on any atom is 0.250 e. The van der Waals surface area contributed by atoms with Crippen molar-refractivity contribution >= 4 is 47.3 Å². The molecule has 0 aromatic heterocycles. The summed E-state index contributed by atoms with van der Waals surface area (Å²) in [5, 5.41) is 26.0. The van der Waals surface area contributed by atoms with E-state index in [0.717, 1.165) is 43.4 Å². The Morgan fingerprint density at radius 2 is 1.25 bits per heavy atom. The first-order chi connectivity index (χ1) is 31.9. The zero-order valence-electron chi connectivity index (χ0n) is 42.5. The standard InChI is InChI=1S/C48H88N8O11/c1-11-14-17-18-19-20-21-22-23-24-25-26-39(57)53-38(31-66-27-15-12-2)45(62)51-33(5)43(60)50-30-40(58)55(10)41(36(8)67-28-16-13-3)46(63)52-34(6)44(61)54-37-29-32(4)56(48(37)65)35(7)42(59)47(64)49-9/h32-38,41-42,59H,11-31H2,1-10H3,(H,49,64)(H,50,60)(H,51,62)(H,52,63)(H,53,57)(H,54,61)/t32?,33-,34+,35?,36?,37+,38-,41+,42?/m1/s1. The van der Waals surface area contributed by atoms with Gasteiger partial charge in [0.1, 0.15) is 30.2 Å². The predicted molar refractivity (Wildman–Crippen MR) is 256 cm³/mol. The Bertz CT molecular complexity index is 1540. The maximum atomic E-state index is 13.8. The third-order valence-electron chi connectivity index (χ3n) is 12.2. The molecule has 0 aromatic carbocycles. The fourth-order valence-corrected chi connectivity index (χ4v) is 7.89. The van der Waals surface area contributed by atoms with Crippen molar-refractivity contribution in [2.24, 2.45) is 0 Å². The van der Waals surface area contributed by atoms with Gasteiger partial charge in [-0.05, 0) is 60.3 Å². The zero-order chi connectivity index (χ0) is 50.5. The quantitative estimate of drug-likeness (QED) is 0.0450. The minimum absolute atomic E-state index is 0.0725. The van der Waals surface area contributed by atoms with Crippen LogP contribution in [0.3, 0.4) is 0 Å². The molecule has 0 radical (unpaired) electrons. The van der Waals surface area contributed by atoms with E-state index in [2.05, 4.69) is 38.8 Å². The Kier molecular flexibility index (Phi) is 30.8. The third kappa shape index (κ3) is 22.5. The van der Waals surface area contributed by atoms with Gasteiger partial charge in [-0.25, -0.2) is 0 Å². The molecule has 67 heavy (non-hydrogen) atoms. The highest BCUT2D eigenvalue weighted by Gasteiger charge is 2.44. The monoisotopic (exact) mass is 953 g/mol. The Morgan fingerprint density at radius 3 is 1.84 bits per heavy atom. The number of nitrogens with zero attached hydrogens (tertiary/aromatic N) is 2. The average molecular weight is 953 g/mol. The SMILES string of the molecule is CCCCCCCCCCCCCC(=O)N[C@H](COCCCC)C(=O)N[C@H](C)C(=O)NCC(=O)N(C)[C@H](C(=O)N[C@@H](C)C(=O)N[C@H]1CC(C)N(C(C)C(O)C(=O)NC)C1=O)C(C)OCCCC. The van der Waals surface area contributed by atoms with Gasteiger partial charge in [0.05, 0.1) is 25.3 Å². The van der Waals surface area contributed by atoms with E-state index in [0.29, 0.717) is 26.1 Å². The normalized spacial score (nSPS) is 17.8. The Morgan fingerprint density at radius 1 is 0.716 bits per heavy atom. The number of likely N-dealkylation sites (N-methyl/N-ethyl adjacent to an activating group) is 2. The molecule has 8 amide bonds. The van der Waals surface area contributed by atoms with Crippen molar-refractivity contribution in [1.82, 2.24) is 41.7 Å². The summed E-state index contributed by atoms with van der Waals surface area (Å²) in [6.45, 7) is 14.1. The maximum absolute atomic E-state index is 13.8. The first kappa shape index (κ1) is 60.7. The lowest BCUT2D eigenvalue weighted by molar-refractivity contribution is -0.145. The van der Waals surface area contributed by atoms with E-state index in [9.17, 15) is 43.5 Å². The molecule has 1 heterocycles. The Hall–Kier alpha value is -4.36. The van der Waals surface area contributed by atoms with Gasteiger partial charge in [-0.2, -0.15) is 0 Å². The number of hydrogen-bond acceptors (Lipinski definition) is 11. The number of ether oxygens (including phenoxy) is 2. The van der Waals surface area contributed by atoms with Crippen molar-refractivity contribution in [2.75, 3.05) is 40.5 Å². The molecule has 1 rings (SSSR count). The fraction of sp³-hybridized carbons (Fsp3) is 0.833. The van der Waals surface area contributed by atoms with E-state index >= 15 is 0 Å². The number of unbranched alkanes of at least 4 members (excludes halogenated alkanes) is 12. The summed E-state index contributed by atoms with van der Waals surface area (Å²) in [6.07, 6.45) is 14.0. The second-order valence-electron chi connectivity index (χ2n) is 18.1. The highest BCUT2D eigenvalue weighted by Crippen LogP contribution is 2.24. The second kappa shape index (κ2) is 34.0. The van der Waals surface area contributed by atoms with Crippen LogP contribution >= 0.6 is 0 Å². The smallest absolute Gasteiger partial charge is 0.250 e. The largest absolute Gasteiger partial charge is 0.381 e. The van der Waals surface area contributed by atoms with E-state index in [1.54, 1.807) is 13.8 Å². The summed E-state index contributed by atoms with van der Waals surface area (Å²) in [4.78, 5) is 108. The van der Waals surface area contributed by atoms with Crippen molar-refractivity contribution in [3.8, 4) is 0 Å². The average Bonchev–Trinajstić information content (AvgIpc) is 3.57. The summed E-state index contributed by atoms with van der Waals surface area (Å²) in [7, 11) is 2.75. The van der Waals surface area contributed by atoms with Crippen molar-refractivity contribution < 1.29 is 52.9 Å². The molecule has 1 aliphatic rings. The van der Waals surface area contributed by atoms with Crippen LogP contribution in [0.2, 0.25) is 0 Å². The van der Waals surface area contributed by atoms with Gasteiger partial charge in [0.25, 0.3) is 5.91 Å². The van der Waals surface area contributed by atoms with Crippen molar-refractivity contribution in [3.63, 3.8) is 0 Å². The van der Waals surface area contributed by atoms with Gasteiger partial charge in [0.15, 0.2) is 6.10 Å². The molecule has 386 valence electrons. The molecule has 0 aromatic rings. The lowest BCUT2D eigenvalue weighted by Crippen LogP contribution is -2.59. The first-order valence-electron chi connectivity index (χ1n) is 25.0. The number of hydrogen-bond donors (Lipinski definition) is 7. The van der Waals surface area contributed by atoms with E-state index < -0.39 is 102 Å². The van der Waals surface area contributed by atoms with E-state index in [1.807, 2.05) is 13.8 Å². The van der Waals surface area contributed by atoms with Crippen LogP contribution in [-0.4, -0.2) is 157 Å². The van der Waals surface area contributed by atoms with E-state index in [1.165, 1.54) is 84.7 Å². The Balaban J connectivity index is 2.87. The molecule has 1 fully saturated rings. The van der Waals surface area contributed by atoms with Crippen LogP contribution < -0.4 is 31.9 Å². The zero-order valence-corrected chi connectivity index (χ0v) is 42.5. The minimum atomic E-state index is -1.48. The molecule has 7 N–H and O–H groups in total. The second-order valence-corrected chi connectivity index (χ2v) is 18.1. The third-order valence-corrected chi connectivity index (χ3v) is 12.2. The summed E-state index contributed by atoms with van der Waals surface area (Å²) in [5.74, 6) is -4.76. The summed E-state index contributed by atoms with van der Waals surface area (Å²) >= 11 is 0. The summed E-state index contributed by atoms with van der Waals surface area (Å²) in [6, 6.07) is -6.78. The molecule has 19 nitrogen and oxygen atoms in total. The van der Waals surface area contributed by atoms with Crippen molar-refractivity contribution in [2.45, 2.75) is 219 Å². The van der Waals surface area contributed by atoms with Crippen LogP contribution in [0.25, 0.3) is 0 Å². The highest BCUT2D eigenvalue weighted by molar-refractivity contribution is 5.96. The predicted octanol–water partition coefficient (Wildman–Crippen LogP) is 2.75. The fourth-order valence-electron chi connectivity index (χ4n) is 7.89. The van der Waals surface area contributed by atoms with Gasteiger partial charge in [0, 0.05) is 39.8 Å². The lowest BCUT2D eigenvalue weighted by atomic mass is 10.1. The lowest BCUT2D eigenvalue weighted by Gasteiger charge is -2.33. The molecule has 1 saturated heterocycles. The van der Waals surface area contributed by atoms with Gasteiger partial charge < -0.3 is 56.3 Å². The van der Waals surface area contributed by atoms with Crippen LogP contribution in [0.5, 0.6) is 0 Å². The van der Waals surface area contributed by atoms with Crippen molar-refractivity contribution in [1.29, 1.82) is 0 Å². The highest BCUT2D eigenvalue weighted by atomic mass is 16.5. The molecular weight excluding hydrogens is 865 g/mol. The summed E-state index contributed by atoms with van der Waals surface area (Å²) < 4.78 is 11.6. The number of nitrogens with one attached hydrogen (secondary N) is 6. The number of rotatable bonds is 36.